The van der Waals surface area contributed by atoms with Crippen LogP contribution < -0.4 is 5.32 Å². The van der Waals surface area contributed by atoms with Crippen molar-refractivity contribution in [1.82, 2.24) is 0 Å². The molecule has 90 valence electrons. The maximum Gasteiger partial charge on any atom is 0.332 e. The molecular formula is C14H17NO2. The van der Waals surface area contributed by atoms with Crippen molar-refractivity contribution in [3.63, 3.8) is 0 Å². The van der Waals surface area contributed by atoms with Gasteiger partial charge in [-0.05, 0) is 18.6 Å². The molecule has 0 amide bonds. The Labute approximate surface area is 101 Å². The van der Waals surface area contributed by atoms with Gasteiger partial charge in [0.15, 0.2) is 0 Å². The average Bonchev–Trinajstić information content (AvgIpc) is 2.30. The molecule has 1 atom stereocenters. The van der Waals surface area contributed by atoms with E-state index in [2.05, 4.69) is 12.2 Å². The Morgan fingerprint density at radius 1 is 1.35 bits per heavy atom. The van der Waals surface area contributed by atoms with Gasteiger partial charge in [0.25, 0.3) is 0 Å². The first kappa shape index (κ1) is 11.7. The predicted molar refractivity (Wildman–Crippen MR) is 67.6 cm³/mol. The lowest BCUT2D eigenvalue weighted by atomic mass is 10.1. The van der Waals surface area contributed by atoms with Crippen LogP contribution >= 0.6 is 0 Å². The number of hydrogen-bond acceptors (Lipinski definition) is 3. The molecule has 3 nitrogen and oxygen atoms in total. The minimum atomic E-state index is -0.242. The molecule has 0 spiro atoms. The fourth-order valence-corrected chi connectivity index (χ4v) is 1.96. The van der Waals surface area contributed by atoms with Crippen molar-refractivity contribution in [3.8, 4) is 0 Å². The largest absolute Gasteiger partial charge is 0.459 e. The third-order valence-corrected chi connectivity index (χ3v) is 2.71. The van der Waals surface area contributed by atoms with Crippen LogP contribution in [0, 0.1) is 0 Å². The number of carbonyl (C=O) groups is 1. The van der Waals surface area contributed by atoms with E-state index in [0.29, 0.717) is 0 Å². The minimum absolute atomic E-state index is 0.0173. The zero-order chi connectivity index (χ0) is 12.1. The molecule has 2 rings (SSSR count). The van der Waals surface area contributed by atoms with Crippen LogP contribution in [0.15, 0.2) is 42.1 Å². The van der Waals surface area contributed by atoms with E-state index in [9.17, 15) is 4.79 Å². The molecule has 1 aromatic rings. The number of para-hydroxylation sites is 1. The third-order valence-electron chi connectivity index (χ3n) is 2.71. The summed E-state index contributed by atoms with van der Waals surface area (Å²) in [6.07, 6.45) is 4.27. The van der Waals surface area contributed by atoms with Crippen molar-refractivity contribution in [2.75, 3.05) is 5.32 Å². The van der Waals surface area contributed by atoms with Gasteiger partial charge >= 0.3 is 5.97 Å². The molecule has 1 aromatic carbocycles. The van der Waals surface area contributed by atoms with E-state index in [1.165, 1.54) is 0 Å². The van der Waals surface area contributed by atoms with Gasteiger partial charge in [-0.2, -0.15) is 0 Å². The number of carbonyl (C=O) groups excluding carboxylic acids is 1. The highest BCUT2D eigenvalue weighted by Crippen LogP contribution is 2.21. The Kier molecular flexibility index (Phi) is 3.81. The number of anilines is 1. The number of benzene rings is 1. The van der Waals surface area contributed by atoms with E-state index in [4.69, 9.17) is 4.74 Å². The number of nitrogens with one attached hydrogen (secondary N) is 1. The molecule has 3 heteroatoms. The molecule has 0 aliphatic carbocycles. The normalized spacial score (nSPS) is 19.5. The first-order valence-electron chi connectivity index (χ1n) is 6.01. The molecule has 1 N–H and O–H groups in total. The first-order chi connectivity index (χ1) is 8.28. The lowest BCUT2D eigenvalue weighted by molar-refractivity contribution is -0.144. The van der Waals surface area contributed by atoms with E-state index >= 15 is 0 Å². The number of ether oxygens (including phenoxy) is 1. The summed E-state index contributed by atoms with van der Waals surface area (Å²) in [4.78, 5) is 11.4. The summed E-state index contributed by atoms with van der Waals surface area (Å²) in [5.74, 6) is -0.242. The summed E-state index contributed by atoms with van der Waals surface area (Å²) < 4.78 is 5.24. The fraction of sp³-hybridized carbons (Fsp3) is 0.357. The quantitative estimate of drug-likeness (QED) is 0.809. The summed E-state index contributed by atoms with van der Waals surface area (Å²) in [5.41, 5.74) is 1.94. The van der Waals surface area contributed by atoms with Crippen LogP contribution in [0.5, 0.6) is 0 Å². The van der Waals surface area contributed by atoms with Gasteiger partial charge < -0.3 is 10.1 Å². The number of hydrogen-bond donors (Lipinski definition) is 1. The molecule has 17 heavy (non-hydrogen) atoms. The highest BCUT2D eigenvalue weighted by molar-refractivity contribution is 5.84. The van der Waals surface area contributed by atoms with Crippen molar-refractivity contribution < 1.29 is 9.53 Å². The van der Waals surface area contributed by atoms with Gasteiger partial charge in [-0.25, -0.2) is 4.79 Å². The van der Waals surface area contributed by atoms with Gasteiger partial charge in [0.2, 0.25) is 0 Å². The molecular weight excluding hydrogens is 214 g/mol. The third kappa shape index (κ3) is 3.34. The van der Waals surface area contributed by atoms with Crippen LogP contribution in [0.4, 0.5) is 5.69 Å². The second kappa shape index (κ2) is 5.53. The van der Waals surface area contributed by atoms with Crippen LogP contribution in [-0.4, -0.2) is 12.1 Å². The molecule has 0 bridgehead atoms. The molecule has 1 aliphatic heterocycles. The van der Waals surface area contributed by atoms with Crippen LogP contribution in [-0.2, 0) is 9.53 Å². The lowest BCUT2D eigenvalue weighted by Gasteiger charge is -2.23. The average molecular weight is 231 g/mol. The summed E-state index contributed by atoms with van der Waals surface area (Å²) in [6.45, 7) is 2.09. The standard InChI is InChI=1S/C14H17NO2/c1-2-6-13-9-12(10-14(16)17-13)15-11-7-4-3-5-8-11/h3-5,7-8,10,13,15H,2,6,9H2,1H3. The second-order valence-corrected chi connectivity index (χ2v) is 4.21. The molecule has 0 saturated heterocycles. The van der Waals surface area contributed by atoms with Crippen LogP contribution in [0.3, 0.4) is 0 Å². The highest BCUT2D eigenvalue weighted by Gasteiger charge is 2.20. The van der Waals surface area contributed by atoms with Crippen LogP contribution in [0.1, 0.15) is 26.2 Å². The summed E-state index contributed by atoms with van der Waals surface area (Å²) in [5, 5.41) is 3.26. The molecule has 1 aliphatic rings. The molecule has 1 heterocycles. The Hall–Kier alpha value is -1.77. The van der Waals surface area contributed by atoms with Crippen molar-refractivity contribution in [2.24, 2.45) is 0 Å². The van der Waals surface area contributed by atoms with Crippen molar-refractivity contribution >= 4 is 11.7 Å². The molecule has 0 fully saturated rings. The minimum Gasteiger partial charge on any atom is -0.459 e. The van der Waals surface area contributed by atoms with E-state index in [1.54, 1.807) is 6.08 Å². The van der Waals surface area contributed by atoms with Gasteiger partial charge in [0.05, 0.1) is 0 Å². The Bertz CT molecular complexity index is 411. The molecule has 0 aromatic heterocycles. The lowest BCUT2D eigenvalue weighted by Crippen LogP contribution is -2.24. The SMILES string of the molecule is CCCC1CC(Nc2ccccc2)=CC(=O)O1. The van der Waals surface area contributed by atoms with E-state index in [-0.39, 0.29) is 12.1 Å². The maximum absolute atomic E-state index is 11.4. The Morgan fingerprint density at radius 2 is 2.12 bits per heavy atom. The van der Waals surface area contributed by atoms with Crippen molar-refractivity contribution in [1.29, 1.82) is 0 Å². The molecule has 0 saturated carbocycles. The molecule has 1 unspecified atom stereocenters. The maximum atomic E-state index is 11.4. The van der Waals surface area contributed by atoms with Crippen molar-refractivity contribution in [3.05, 3.63) is 42.1 Å². The highest BCUT2D eigenvalue weighted by atomic mass is 16.5. The first-order valence-corrected chi connectivity index (χ1v) is 6.01. The van der Waals surface area contributed by atoms with E-state index < -0.39 is 0 Å². The summed E-state index contributed by atoms with van der Waals surface area (Å²) in [6, 6.07) is 9.86. The smallest absolute Gasteiger partial charge is 0.332 e. The van der Waals surface area contributed by atoms with Gasteiger partial charge in [-0.15, -0.1) is 0 Å². The van der Waals surface area contributed by atoms with Gasteiger partial charge in [0, 0.05) is 23.9 Å². The zero-order valence-corrected chi connectivity index (χ0v) is 9.98. The Morgan fingerprint density at radius 3 is 2.82 bits per heavy atom. The zero-order valence-electron chi connectivity index (χ0n) is 9.98. The van der Waals surface area contributed by atoms with Gasteiger partial charge in [0.1, 0.15) is 6.10 Å². The fourth-order valence-electron chi connectivity index (χ4n) is 1.96. The van der Waals surface area contributed by atoms with Gasteiger partial charge in [-0.3, -0.25) is 0 Å². The van der Waals surface area contributed by atoms with Crippen LogP contribution in [0.2, 0.25) is 0 Å². The Balaban J connectivity index is 2.03. The number of esters is 1. The predicted octanol–water partition coefficient (Wildman–Crippen LogP) is 3.10. The number of cyclic esters (lactones) is 1. The van der Waals surface area contributed by atoms with Gasteiger partial charge in [-0.1, -0.05) is 31.5 Å². The summed E-state index contributed by atoms with van der Waals surface area (Å²) >= 11 is 0. The molecule has 0 radical (unpaired) electrons. The monoisotopic (exact) mass is 231 g/mol. The second-order valence-electron chi connectivity index (χ2n) is 4.21. The topological polar surface area (TPSA) is 38.3 Å². The van der Waals surface area contributed by atoms with E-state index in [1.807, 2.05) is 30.3 Å². The summed E-state index contributed by atoms with van der Waals surface area (Å²) in [7, 11) is 0. The number of rotatable bonds is 4. The van der Waals surface area contributed by atoms with E-state index in [0.717, 1.165) is 30.6 Å². The van der Waals surface area contributed by atoms with Crippen LogP contribution in [0.25, 0.3) is 0 Å². The van der Waals surface area contributed by atoms with Crippen molar-refractivity contribution in [2.45, 2.75) is 32.3 Å².